The van der Waals surface area contributed by atoms with Crippen molar-refractivity contribution in [2.24, 2.45) is 0 Å². The van der Waals surface area contributed by atoms with Gasteiger partial charge in [0.2, 0.25) is 0 Å². The molecule has 142 valence electrons. The second-order valence-electron chi connectivity index (χ2n) is 6.97. The predicted molar refractivity (Wildman–Crippen MR) is 110 cm³/mol. The summed E-state index contributed by atoms with van der Waals surface area (Å²) in [6.45, 7) is 4.53. The highest BCUT2D eigenvalue weighted by atomic mass is 19.1. The van der Waals surface area contributed by atoms with Crippen molar-refractivity contribution in [2.75, 3.05) is 0 Å². The van der Waals surface area contributed by atoms with Crippen LogP contribution in [0.15, 0.2) is 72.8 Å². The van der Waals surface area contributed by atoms with Crippen molar-refractivity contribution in [1.82, 2.24) is 9.55 Å². The maximum atomic E-state index is 14.3. The maximum absolute atomic E-state index is 14.3. The molecule has 4 aromatic rings. The molecule has 1 atom stereocenters. The number of benzene rings is 3. The summed E-state index contributed by atoms with van der Waals surface area (Å²) in [6.07, 6.45) is 0.537. The first-order chi connectivity index (χ1) is 13.7. The fourth-order valence-electron chi connectivity index (χ4n) is 3.47. The Bertz CT molecular complexity index is 1100. The third kappa shape index (κ3) is 3.63. The largest absolute Gasteiger partial charge is 0.483 e. The van der Waals surface area contributed by atoms with Crippen LogP contribution in [0, 0.1) is 12.7 Å². The Morgan fingerprint density at radius 2 is 1.79 bits per heavy atom. The van der Waals surface area contributed by atoms with E-state index < -0.39 is 0 Å². The van der Waals surface area contributed by atoms with Crippen molar-refractivity contribution in [1.29, 1.82) is 0 Å². The average molecular weight is 374 g/mol. The van der Waals surface area contributed by atoms with Crippen LogP contribution in [-0.2, 0) is 6.54 Å². The zero-order valence-electron chi connectivity index (χ0n) is 16.1. The molecule has 3 nitrogen and oxygen atoms in total. The molecule has 0 aliphatic carbocycles. The van der Waals surface area contributed by atoms with E-state index in [9.17, 15) is 4.39 Å². The summed E-state index contributed by atoms with van der Waals surface area (Å²) < 4.78 is 22.7. The molecule has 0 N–H and O–H groups in total. The fourth-order valence-corrected chi connectivity index (χ4v) is 3.47. The first-order valence-corrected chi connectivity index (χ1v) is 9.57. The molecular formula is C24H23FN2O. The molecule has 3 aromatic carbocycles. The Hall–Kier alpha value is -3.14. The van der Waals surface area contributed by atoms with Gasteiger partial charge in [0.25, 0.3) is 0 Å². The molecule has 4 heteroatoms. The molecule has 1 unspecified atom stereocenters. The number of imidazole rings is 1. The van der Waals surface area contributed by atoms with Crippen LogP contribution < -0.4 is 4.74 Å². The molecule has 0 bridgehead atoms. The highest BCUT2D eigenvalue weighted by Gasteiger charge is 2.21. The van der Waals surface area contributed by atoms with E-state index in [0.717, 1.165) is 34.6 Å². The highest BCUT2D eigenvalue weighted by Crippen LogP contribution is 2.29. The van der Waals surface area contributed by atoms with Crippen LogP contribution in [-0.4, -0.2) is 9.55 Å². The van der Waals surface area contributed by atoms with Gasteiger partial charge in [-0.25, -0.2) is 9.37 Å². The number of hydrogen-bond acceptors (Lipinski definition) is 2. The topological polar surface area (TPSA) is 27.1 Å². The predicted octanol–water partition coefficient (Wildman–Crippen LogP) is 6.06. The smallest absolute Gasteiger partial charge is 0.156 e. The van der Waals surface area contributed by atoms with E-state index >= 15 is 0 Å². The number of halogens is 1. The minimum Gasteiger partial charge on any atom is -0.483 e. The molecule has 0 aliphatic heterocycles. The number of rotatable bonds is 6. The van der Waals surface area contributed by atoms with Crippen molar-refractivity contribution < 1.29 is 9.13 Å². The summed E-state index contributed by atoms with van der Waals surface area (Å²) in [6, 6.07) is 22.8. The van der Waals surface area contributed by atoms with Gasteiger partial charge in [-0.1, -0.05) is 49.4 Å². The van der Waals surface area contributed by atoms with Crippen LogP contribution in [0.25, 0.3) is 11.0 Å². The Kier molecular flexibility index (Phi) is 5.11. The van der Waals surface area contributed by atoms with Crippen LogP contribution in [0.1, 0.15) is 36.4 Å². The fraction of sp³-hybridized carbons (Fsp3) is 0.208. The molecule has 4 rings (SSSR count). The Balaban J connectivity index is 1.77. The molecule has 0 amide bonds. The molecule has 0 radical (unpaired) electrons. The molecule has 28 heavy (non-hydrogen) atoms. The lowest BCUT2D eigenvalue weighted by molar-refractivity contribution is 0.187. The van der Waals surface area contributed by atoms with Crippen LogP contribution in [0.2, 0.25) is 0 Å². The van der Waals surface area contributed by atoms with Crippen molar-refractivity contribution in [3.05, 3.63) is 95.6 Å². The number of hydrogen-bond donors (Lipinski definition) is 0. The van der Waals surface area contributed by atoms with Crippen molar-refractivity contribution in [3.63, 3.8) is 0 Å². The lowest BCUT2D eigenvalue weighted by Crippen LogP contribution is -2.15. The molecule has 0 saturated heterocycles. The van der Waals surface area contributed by atoms with E-state index in [2.05, 4.69) is 11.5 Å². The first-order valence-electron chi connectivity index (χ1n) is 9.57. The van der Waals surface area contributed by atoms with E-state index in [-0.39, 0.29) is 11.9 Å². The van der Waals surface area contributed by atoms with Gasteiger partial charge < -0.3 is 9.30 Å². The zero-order valence-corrected chi connectivity index (χ0v) is 16.1. The van der Waals surface area contributed by atoms with Gasteiger partial charge in [0, 0.05) is 5.56 Å². The summed E-state index contributed by atoms with van der Waals surface area (Å²) in [5.74, 6) is 1.42. The summed E-state index contributed by atoms with van der Waals surface area (Å²) in [5, 5.41) is 0. The second kappa shape index (κ2) is 7.85. The maximum Gasteiger partial charge on any atom is 0.156 e. The van der Waals surface area contributed by atoms with Crippen molar-refractivity contribution in [2.45, 2.75) is 32.9 Å². The molecule has 0 saturated carbocycles. The Morgan fingerprint density at radius 3 is 2.57 bits per heavy atom. The van der Waals surface area contributed by atoms with Crippen LogP contribution in [0.3, 0.4) is 0 Å². The van der Waals surface area contributed by atoms with Gasteiger partial charge in [-0.15, -0.1) is 0 Å². The Morgan fingerprint density at radius 1 is 1.00 bits per heavy atom. The van der Waals surface area contributed by atoms with Crippen molar-refractivity contribution >= 4 is 11.0 Å². The molecule has 1 heterocycles. The lowest BCUT2D eigenvalue weighted by Gasteiger charge is -2.19. The standard InChI is InChI=1S/C24H23FN2O/c1-3-23(28-19-11-8-9-17(2)15-19)24-26-21-13-6-7-14-22(21)27(24)16-18-10-4-5-12-20(18)25/h4-15,23H,3,16H2,1-2H3. The normalized spacial score (nSPS) is 12.2. The van der Waals surface area contributed by atoms with Gasteiger partial charge in [-0.2, -0.15) is 0 Å². The molecule has 0 aliphatic rings. The van der Waals surface area contributed by atoms with Gasteiger partial charge in [0.15, 0.2) is 11.9 Å². The minimum atomic E-state index is -0.221. The number of ether oxygens (including phenoxy) is 1. The van der Waals surface area contributed by atoms with E-state index in [1.54, 1.807) is 6.07 Å². The lowest BCUT2D eigenvalue weighted by atomic mass is 10.2. The van der Waals surface area contributed by atoms with E-state index in [1.165, 1.54) is 6.07 Å². The summed E-state index contributed by atoms with van der Waals surface area (Å²) in [5.41, 5.74) is 3.65. The third-order valence-electron chi connectivity index (χ3n) is 4.90. The van der Waals surface area contributed by atoms with Gasteiger partial charge in [-0.05, 0) is 49.2 Å². The van der Waals surface area contributed by atoms with E-state index in [0.29, 0.717) is 12.1 Å². The highest BCUT2D eigenvalue weighted by molar-refractivity contribution is 5.76. The summed E-state index contributed by atoms with van der Waals surface area (Å²) in [7, 11) is 0. The summed E-state index contributed by atoms with van der Waals surface area (Å²) >= 11 is 0. The van der Waals surface area contributed by atoms with Gasteiger partial charge in [-0.3, -0.25) is 0 Å². The molecule has 0 spiro atoms. The van der Waals surface area contributed by atoms with Crippen LogP contribution >= 0.6 is 0 Å². The second-order valence-corrected chi connectivity index (χ2v) is 6.97. The number of fused-ring (bicyclic) bond motifs is 1. The van der Waals surface area contributed by atoms with Gasteiger partial charge >= 0.3 is 0 Å². The molecular weight excluding hydrogens is 351 g/mol. The number of aromatic nitrogens is 2. The van der Waals surface area contributed by atoms with Crippen molar-refractivity contribution in [3.8, 4) is 5.75 Å². The Labute approximate surface area is 164 Å². The van der Waals surface area contributed by atoms with E-state index in [1.807, 2.05) is 67.6 Å². The SMILES string of the molecule is CCC(Oc1cccc(C)c1)c1nc2ccccc2n1Cc1ccccc1F. The number of aryl methyl sites for hydroxylation is 1. The van der Waals surface area contributed by atoms with Crippen LogP contribution in [0.4, 0.5) is 4.39 Å². The first kappa shape index (κ1) is 18.2. The third-order valence-corrected chi connectivity index (χ3v) is 4.90. The average Bonchev–Trinajstić information content (AvgIpc) is 3.06. The minimum absolute atomic E-state index is 0.209. The molecule has 0 fully saturated rings. The monoisotopic (exact) mass is 374 g/mol. The zero-order chi connectivity index (χ0) is 19.5. The molecule has 1 aromatic heterocycles. The quantitative estimate of drug-likeness (QED) is 0.410. The summed E-state index contributed by atoms with van der Waals surface area (Å²) in [4.78, 5) is 4.84. The number of para-hydroxylation sites is 2. The van der Waals surface area contributed by atoms with Gasteiger partial charge in [0.05, 0.1) is 17.6 Å². The van der Waals surface area contributed by atoms with E-state index in [4.69, 9.17) is 9.72 Å². The van der Waals surface area contributed by atoms with Crippen LogP contribution in [0.5, 0.6) is 5.75 Å². The van der Waals surface area contributed by atoms with Gasteiger partial charge in [0.1, 0.15) is 11.6 Å². The number of nitrogens with zero attached hydrogens (tertiary/aromatic N) is 2.